The number of nitrogens with one attached hydrogen (secondary N) is 1. The lowest BCUT2D eigenvalue weighted by atomic mass is 10.1. The Labute approximate surface area is 167 Å². The number of Topliss-reactive ketones (excluding diaryl/α,β-unsaturated/α-hetero) is 1. The maximum absolute atomic E-state index is 12.9. The van der Waals surface area contributed by atoms with Crippen LogP contribution in [0.5, 0.6) is 0 Å². The van der Waals surface area contributed by atoms with Crippen LogP contribution in [0, 0.1) is 5.82 Å². The maximum atomic E-state index is 12.9. The van der Waals surface area contributed by atoms with Crippen molar-refractivity contribution in [2.75, 3.05) is 5.32 Å². The number of benzene rings is 3. The summed E-state index contributed by atoms with van der Waals surface area (Å²) in [5.74, 6) is -1.84. The number of ether oxygens (including phenoxy) is 1. The molecule has 0 saturated heterocycles. The average Bonchev–Trinajstić information content (AvgIpc) is 2.72. The predicted molar refractivity (Wildman–Crippen MR) is 108 cm³/mol. The molecule has 1 N–H and O–H groups in total. The average molecular weight is 393 g/mol. The van der Waals surface area contributed by atoms with E-state index in [0.29, 0.717) is 11.3 Å². The minimum Gasteiger partial charge on any atom is -0.453 e. The minimum absolute atomic E-state index is 0.0799. The van der Waals surface area contributed by atoms with Crippen molar-refractivity contribution in [1.82, 2.24) is 0 Å². The van der Waals surface area contributed by atoms with Gasteiger partial charge in [-0.05, 0) is 54.1 Å². The molecule has 5 nitrogen and oxygen atoms in total. The second-order valence-electron chi connectivity index (χ2n) is 6.61. The van der Waals surface area contributed by atoms with Gasteiger partial charge in [0.15, 0.2) is 11.9 Å². The van der Waals surface area contributed by atoms with Crippen molar-refractivity contribution in [2.24, 2.45) is 0 Å². The molecule has 0 saturated carbocycles. The largest absolute Gasteiger partial charge is 0.453 e. The van der Waals surface area contributed by atoms with Crippen LogP contribution in [-0.4, -0.2) is 23.8 Å². The number of esters is 1. The van der Waals surface area contributed by atoms with Crippen molar-refractivity contribution in [3.05, 3.63) is 78.1 Å². The van der Waals surface area contributed by atoms with Crippen molar-refractivity contribution in [1.29, 1.82) is 0 Å². The third kappa shape index (κ3) is 5.48. The monoisotopic (exact) mass is 393 g/mol. The van der Waals surface area contributed by atoms with Gasteiger partial charge in [0, 0.05) is 17.7 Å². The van der Waals surface area contributed by atoms with Crippen LogP contribution in [-0.2, 0) is 14.3 Å². The summed E-state index contributed by atoms with van der Waals surface area (Å²) in [6.45, 7) is 1.47. The van der Waals surface area contributed by atoms with Crippen LogP contribution in [0.1, 0.15) is 30.1 Å². The van der Waals surface area contributed by atoms with E-state index >= 15 is 0 Å². The van der Waals surface area contributed by atoms with E-state index in [0.717, 1.165) is 10.8 Å². The van der Waals surface area contributed by atoms with E-state index in [9.17, 15) is 18.8 Å². The van der Waals surface area contributed by atoms with E-state index in [4.69, 9.17) is 4.74 Å². The second-order valence-corrected chi connectivity index (χ2v) is 6.61. The van der Waals surface area contributed by atoms with E-state index in [2.05, 4.69) is 5.32 Å². The fourth-order valence-corrected chi connectivity index (χ4v) is 2.82. The molecule has 0 heterocycles. The normalized spacial score (nSPS) is 11.7. The van der Waals surface area contributed by atoms with E-state index in [1.54, 1.807) is 6.07 Å². The molecule has 0 fully saturated rings. The Morgan fingerprint density at radius 1 is 0.931 bits per heavy atom. The number of rotatable bonds is 7. The number of anilines is 1. The molecule has 3 rings (SSSR count). The highest BCUT2D eigenvalue weighted by Gasteiger charge is 2.19. The van der Waals surface area contributed by atoms with Gasteiger partial charge in [-0.25, -0.2) is 4.39 Å². The number of hydrogen-bond donors (Lipinski definition) is 1. The van der Waals surface area contributed by atoms with Gasteiger partial charge in [-0.1, -0.05) is 30.3 Å². The van der Waals surface area contributed by atoms with Gasteiger partial charge >= 0.3 is 5.97 Å². The molecule has 0 aliphatic rings. The molecule has 1 atom stereocenters. The zero-order chi connectivity index (χ0) is 20.8. The number of fused-ring (bicyclic) bond motifs is 1. The van der Waals surface area contributed by atoms with Crippen LogP contribution in [0.3, 0.4) is 0 Å². The Bertz CT molecular complexity index is 1050. The van der Waals surface area contributed by atoms with E-state index in [1.807, 2.05) is 36.4 Å². The molecule has 148 valence electrons. The second kappa shape index (κ2) is 9.10. The molecule has 6 heteroatoms. The van der Waals surface area contributed by atoms with Crippen LogP contribution in [0.25, 0.3) is 10.8 Å². The molecule has 0 aliphatic heterocycles. The Balaban J connectivity index is 1.49. The van der Waals surface area contributed by atoms with E-state index in [1.165, 1.54) is 31.2 Å². The first kappa shape index (κ1) is 20.2. The molecule has 3 aromatic carbocycles. The molecule has 0 bridgehead atoms. The Morgan fingerprint density at radius 3 is 2.34 bits per heavy atom. The van der Waals surface area contributed by atoms with Gasteiger partial charge in [0.05, 0.1) is 6.42 Å². The summed E-state index contributed by atoms with van der Waals surface area (Å²) in [6, 6.07) is 18.3. The van der Waals surface area contributed by atoms with Crippen molar-refractivity contribution < 1.29 is 23.5 Å². The fourth-order valence-electron chi connectivity index (χ4n) is 2.82. The fraction of sp³-hybridized carbons (Fsp3) is 0.174. The van der Waals surface area contributed by atoms with Gasteiger partial charge < -0.3 is 10.1 Å². The SMILES string of the molecule is C[C@@H](OC(=O)CCC(=O)c1ccc(F)cc1)C(=O)Nc1ccc2ccccc2c1. The third-order valence-corrected chi connectivity index (χ3v) is 4.42. The smallest absolute Gasteiger partial charge is 0.307 e. The first-order chi connectivity index (χ1) is 13.9. The van der Waals surface area contributed by atoms with E-state index in [-0.39, 0.29) is 18.6 Å². The van der Waals surface area contributed by atoms with E-state index < -0.39 is 23.8 Å². The first-order valence-electron chi connectivity index (χ1n) is 9.20. The highest BCUT2D eigenvalue weighted by Crippen LogP contribution is 2.19. The van der Waals surface area contributed by atoms with Crippen LogP contribution >= 0.6 is 0 Å². The van der Waals surface area contributed by atoms with Gasteiger partial charge in [-0.3, -0.25) is 14.4 Å². The Morgan fingerprint density at radius 2 is 1.62 bits per heavy atom. The van der Waals surface area contributed by atoms with Gasteiger partial charge in [0.2, 0.25) is 0 Å². The molecular formula is C23H20FNO4. The summed E-state index contributed by atoms with van der Waals surface area (Å²) in [5, 5.41) is 4.75. The van der Waals surface area contributed by atoms with Crippen molar-refractivity contribution in [3.8, 4) is 0 Å². The first-order valence-corrected chi connectivity index (χ1v) is 9.20. The Hall–Kier alpha value is -3.54. The zero-order valence-corrected chi connectivity index (χ0v) is 15.9. The molecule has 1 amide bonds. The predicted octanol–water partition coefficient (Wildman–Crippen LogP) is 4.51. The molecule has 29 heavy (non-hydrogen) atoms. The minimum atomic E-state index is -1.00. The van der Waals surface area contributed by atoms with Crippen molar-refractivity contribution >= 4 is 34.1 Å². The summed E-state index contributed by atoms with van der Waals surface area (Å²) in [7, 11) is 0. The molecule has 0 aliphatic carbocycles. The van der Waals surface area contributed by atoms with Gasteiger partial charge in [-0.2, -0.15) is 0 Å². The number of halogens is 1. The molecule has 0 unspecified atom stereocenters. The summed E-state index contributed by atoms with van der Waals surface area (Å²) in [5.41, 5.74) is 0.921. The maximum Gasteiger partial charge on any atom is 0.307 e. The number of ketones is 1. The van der Waals surface area contributed by atoms with Gasteiger partial charge in [0.25, 0.3) is 5.91 Å². The molecule has 0 aromatic heterocycles. The van der Waals surface area contributed by atoms with Crippen LogP contribution in [0.15, 0.2) is 66.7 Å². The summed E-state index contributed by atoms with van der Waals surface area (Å²) in [4.78, 5) is 36.3. The van der Waals surface area contributed by atoms with Gasteiger partial charge in [0.1, 0.15) is 5.82 Å². The quantitative estimate of drug-likeness (QED) is 0.473. The lowest BCUT2D eigenvalue weighted by Crippen LogP contribution is -2.30. The summed E-state index contributed by atoms with van der Waals surface area (Å²) < 4.78 is 18.0. The summed E-state index contributed by atoms with van der Waals surface area (Å²) in [6.07, 6.45) is -1.25. The van der Waals surface area contributed by atoms with Crippen LogP contribution in [0.4, 0.5) is 10.1 Å². The number of carbonyl (C=O) groups is 3. The number of amides is 1. The molecule has 0 spiro atoms. The highest BCUT2D eigenvalue weighted by molar-refractivity contribution is 5.99. The third-order valence-electron chi connectivity index (χ3n) is 4.42. The lowest BCUT2D eigenvalue weighted by molar-refractivity contribution is -0.153. The number of hydrogen-bond acceptors (Lipinski definition) is 4. The van der Waals surface area contributed by atoms with Gasteiger partial charge in [-0.15, -0.1) is 0 Å². The lowest BCUT2D eigenvalue weighted by Gasteiger charge is -2.14. The van der Waals surface area contributed by atoms with Crippen LogP contribution in [0.2, 0.25) is 0 Å². The Kier molecular flexibility index (Phi) is 6.34. The van der Waals surface area contributed by atoms with Crippen molar-refractivity contribution in [2.45, 2.75) is 25.9 Å². The van der Waals surface area contributed by atoms with Crippen LogP contribution < -0.4 is 5.32 Å². The number of carbonyl (C=O) groups excluding carboxylic acids is 3. The topological polar surface area (TPSA) is 72.5 Å². The molecule has 0 radical (unpaired) electrons. The molecule has 3 aromatic rings. The zero-order valence-electron chi connectivity index (χ0n) is 15.9. The molecular weight excluding hydrogens is 373 g/mol. The summed E-state index contributed by atoms with van der Waals surface area (Å²) >= 11 is 0. The highest BCUT2D eigenvalue weighted by atomic mass is 19.1. The standard InChI is InChI=1S/C23H20FNO4/c1-15(23(28)25-20-11-8-16-4-2-3-5-18(16)14-20)29-22(27)13-12-21(26)17-6-9-19(24)10-7-17/h2-11,14-15H,12-13H2,1H3,(H,25,28)/t15-/m1/s1. The van der Waals surface area contributed by atoms with Crippen molar-refractivity contribution in [3.63, 3.8) is 0 Å².